The zero-order valence-electron chi connectivity index (χ0n) is 12.7. The maximum atomic E-state index is 5.83. The summed E-state index contributed by atoms with van der Waals surface area (Å²) in [6.45, 7) is 5.07. The third-order valence-corrected chi connectivity index (χ3v) is 3.39. The van der Waals surface area contributed by atoms with Crippen molar-refractivity contribution in [3.63, 3.8) is 0 Å². The first kappa shape index (κ1) is 14.3. The Bertz CT molecular complexity index is 782. The van der Waals surface area contributed by atoms with Crippen LogP contribution in [0.25, 0.3) is 22.0 Å². The average molecular weight is 294 g/mol. The highest BCUT2D eigenvalue weighted by Crippen LogP contribution is 2.39. The van der Waals surface area contributed by atoms with Crippen LogP contribution in [0.5, 0.6) is 11.5 Å². The van der Waals surface area contributed by atoms with E-state index in [0.29, 0.717) is 13.2 Å². The van der Waals surface area contributed by atoms with E-state index in [-0.39, 0.29) is 0 Å². The quantitative estimate of drug-likeness (QED) is 0.711. The second-order valence-corrected chi connectivity index (χ2v) is 4.78. The van der Waals surface area contributed by atoms with E-state index in [0.717, 1.165) is 33.5 Å². The van der Waals surface area contributed by atoms with Gasteiger partial charge in [-0.2, -0.15) is 5.10 Å². The molecule has 0 atom stereocenters. The van der Waals surface area contributed by atoms with Gasteiger partial charge in [0, 0.05) is 16.3 Å². The molecule has 0 aliphatic heterocycles. The molecule has 0 spiro atoms. The predicted octanol–water partition coefficient (Wildman–Crippen LogP) is 4.09. The molecule has 1 heterocycles. The lowest BCUT2D eigenvalue weighted by atomic mass is 10.0. The van der Waals surface area contributed by atoms with E-state index in [1.165, 1.54) is 0 Å². The Morgan fingerprint density at radius 1 is 0.909 bits per heavy atom. The van der Waals surface area contributed by atoms with Crippen LogP contribution in [0.1, 0.15) is 13.8 Å². The van der Waals surface area contributed by atoms with Gasteiger partial charge in [0.05, 0.1) is 19.4 Å². The van der Waals surface area contributed by atoms with Crippen molar-refractivity contribution in [2.24, 2.45) is 0 Å². The molecule has 0 bridgehead atoms. The van der Waals surface area contributed by atoms with Crippen molar-refractivity contribution in [3.05, 3.63) is 48.7 Å². The molecular weight excluding hydrogens is 276 g/mol. The Morgan fingerprint density at radius 2 is 1.73 bits per heavy atom. The maximum Gasteiger partial charge on any atom is 0.170 e. The molecule has 0 radical (unpaired) electrons. The van der Waals surface area contributed by atoms with Gasteiger partial charge in [-0.05, 0) is 26.0 Å². The number of nitrogens with zero attached hydrogens (tertiary/aromatic N) is 2. The van der Waals surface area contributed by atoms with Gasteiger partial charge in [0.2, 0.25) is 0 Å². The summed E-state index contributed by atoms with van der Waals surface area (Å²) in [4.78, 5) is 0. The van der Waals surface area contributed by atoms with Crippen LogP contribution in [-0.2, 0) is 0 Å². The summed E-state index contributed by atoms with van der Waals surface area (Å²) in [6, 6.07) is 13.9. The van der Waals surface area contributed by atoms with Gasteiger partial charge in [0.15, 0.2) is 11.5 Å². The number of ether oxygens (including phenoxy) is 2. The minimum atomic E-state index is 0.565. The van der Waals surface area contributed by atoms with Gasteiger partial charge < -0.3 is 9.47 Å². The molecule has 0 saturated carbocycles. The fourth-order valence-electron chi connectivity index (χ4n) is 2.49. The molecule has 0 unspecified atom stereocenters. The molecule has 2 aromatic carbocycles. The topological polar surface area (TPSA) is 44.2 Å². The van der Waals surface area contributed by atoms with Gasteiger partial charge in [-0.25, -0.2) is 0 Å². The van der Waals surface area contributed by atoms with E-state index in [1.54, 1.807) is 6.20 Å². The SMILES string of the molecule is CCOc1cccc(-c2nncc3ccccc23)c1OCC. The minimum absolute atomic E-state index is 0.565. The number of para-hydroxylation sites is 1. The van der Waals surface area contributed by atoms with Crippen molar-refractivity contribution >= 4 is 10.8 Å². The minimum Gasteiger partial charge on any atom is -0.490 e. The Kier molecular flexibility index (Phi) is 4.19. The van der Waals surface area contributed by atoms with Crippen LogP contribution in [0, 0.1) is 0 Å². The van der Waals surface area contributed by atoms with Crippen molar-refractivity contribution in [2.45, 2.75) is 13.8 Å². The smallest absolute Gasteiger partial charge is 0.170 e. The lowest BCUT2D eigenvalue weighted by Crippen LogP contribution is -2.01. The molecule has 0 aliphatic rings. The second kappa shape index (κ2) is 6.43. The molecule has 0 N–H and O–H groups in total. The predicted molar refractivity (Wildman–Crippen MR) is 87.3 cm³/mol. The van der Waals surface area contributed by atoms with E-state index in [9.17, 15) is 0 Å². The Labute approximate surface area is 129 Å². The zero-order valence-corrected chi connectivity index (χ0v) is 12.7. The molecule has 0 fully saturated rings. The summed E-state index contributed by atoms with van der Waals surface area (Å²) in [5.74, 6) is 1.45. The lowest BCUT2D eigenvalue weighted by Gasteiger charge is -2.15. The highest BCUT2D eigenvalue weighted by atomic mass is 16.5. The number of fused-ring (bicyclic) bond motifs is 1. The normalized spacial score (nSPS) is 10.6. The fourth-order valence-corrected chi connectivity index (χ4v) is 2.49. The summed E-state index contributed by atoms with van der Waals surface area (Å²) in [7, 11) is 0. The molecular formula is C18H18N2O2. The van der Waals surface area contributed by atoms with Crippen molar-refractivity contribution in [1.82, 2.24) is 10.2 Å². The van der Waals surface area contributed by atoms with Crippen molar-refractivity contribution in [1.29, 1.82) is 0 Å². The summed E-state index contributed by atoms with van der Waals surface area (Å²) in [5.41, 5.74) is 1.71. The van der Waals surface area contributed by atoms with Crippen molar-refractivity contribution in [2.75, 3.05) is 13.2 Å². The van der Waals surface area contributed by atoms with E-state index >= 15 is 0 Å². The highest BCUT2D eigenvalue weighted by Gasteiger charge is 2.16. The number of hydrogen-bond donors (Lipinski definition) is 0. The van der Waals surface area contributed by atoms with Crippen LogP contribution in [0.15, 0.2) is 48.7 Å². The lowest BCUT2D eigenvalue weighted by molar-refractivity contribution is 0.289. The summed E-state index contributed by atoms with van der Waals surface area (Å²) >= 11 is 0. The first-order valence-electron chi connectivity index (χ1n) is 7.44. The summed E-state index contributed by atoms with van der Waals surface area (Å²) in [6.07, 6.45) is 1.77. The number of aromatic nitrogens is 2. The average Bonchev–Trinajstić information content (AvgIpc) is 2.56. The third-order valence-electron chi connectivity index (χ3n) is 3.39. The van der Waals surface area contributed by atoms with Crippen LogP contribution in [0.3, 0.4) is 0 Å². The highest BCUT2D eigenvalue weighted by molar-refractivity contribution is 5.95. The van der Waals surface area contributed by atoms with Gasteiger partial charge in [0.25, 0.3) is 0 Å². The van der Waals surface area contributed by atoms with Crippen LogP contribution in [0.2, 0.25) is 0 Å². The van der Waals surface area contributed by atoms with Gasteiger partial charge in [-0.1, -0.05) is 30.3 Å². The van der Waals surface area contributed by atoms with Gasteiger partial charge in [-0.3, -0.25) is 0 Å². The zero-order chi connectivity index (χ0) is 15.4. The molecule has 1 aromatic heterocycles. The molecule has 3 aromatic rings. The Balaban J connectivity index is 2.23. The molecule has 0 saturated heterocycles. The number of hydrogen-bond acceptors (Lipinski definition) is 4. The van der Waals surface area contributed by atoms with Crippen LogP contribution < -0.4 is 9.47 Å². The van der Waals surface area contributed by atoms with Gasteiger partial charge in [0.1, 0.15) is 5.69 Å². The second-order valence-electron chi connectivity index (χ2n) is 4.78. The molecule has 22 heavy (non-hydrogen) atoms. The molecule has 0 amide bonds. The fraction of sp³-hybridized carbons (Fsp3) is 0.222. The monoisotopic (exact) mass is 294 g/mol. The standard InChI is InChI=1S/C18H18N2O2/c1-3-21-16-11-7-10-15(18(16)22-4-2)17-14-9-6-5-8-13(14)12-19-20-17/h5-12H,3-4H2,1-2H3. The van der Waals surface area contributed by atoms with E-state index in [2.05, 4.69) is 10.2 Å². The van der Waals surface area contributed by atoms with Crippen LogP contribution >= 0.6 is 0 Å². The van der Waals surface area contributed by atoms with E-state index in [4.69, 9.17) is 9.47 Å². The first-order valence-corrected chi connectivity index (χ1v) is 7.44. The van der Waals surface area contributed by atoms with Crippen molar-refractivity contribution < 1.29 is 9.47 Å². The number of benzene rings is 2. The molecule has 0 aliphatic carbocycles. The first-order chi connectivity index (χ1) is 10.8. The third kappa shape index (κ3) is 2.60. The summed E-state index contributed by atoms with van der Waals surface area (Å²) < 4.78 is 11.5. The molecule has 112 valence electrons. The van der Waals surface area contributed by atoms with Crippen molar-refractivity contribution in [3.8, 4) is 22.8 Å². The maximum absolute atomic E-state index is 5.83. The van der Waals surface area contributed by atoms with Gasteiger partial charge >= 0.3 is 0 Å². The van der Waals surface area contributed by atoms with Crippen LogP contribution in [0.4, 0.5) is 0 Å². The Morgan fingerprint density at radius 3 is 2.55 bits per heavy atom. The molecule has 4 nitrogen and oxygen atoms in total. The Hall–Kier alpha value is -2.62. The van der Waals surface area contributed by atoms with E-state index in [1.807, 2.05) is 56.3 Å². The number of rotatable bonds is 5. The largest absolute Gasteiger partial charge is 0.490 e. The van der Waals surface area contributed by atoms with Crippen LogP contribution in [-0.4, -0.2) is 23.4 Å². The molecule has 4 heteroatoms. The van der Waals surface area contributed by atoms with Gasteiger partial charge in [-0.15, -0.1) is 5.10 Å². The van der Waals surface area contributed by atoms with E-state index < -0.39 is 0 Å². The summed E-state index contributed by atoms with van der Waals surface area (Å²) in [5, 5.41) is 10.6. The molecule has 3 rings (SSSR count).